The van der Waals surface area contributed by atoms with Crippen LogP contribution < -0.4 is 0 Å². The van der Waals surface area contributed by atoms with Crippen LogP contribution in [0.1, 0.15) is 26.2 Å². The molecule has 0 saturated carbocycles. The highest BCUT2D eigenvalue weighted by atomic mass is 32.2. The van der Waals surface area contributed by atoms with E-state index in [2.05, 4.69) is 4.90 Å². The van der Waals surface area contributed by atoms with Gasteiger partial charge < -0.3 is 10.0 Å². The van der Waals surface area contributed by atoms with Crippen LogP contribution in [0.5, 0.6) is 0 Å². The van der Waals surface area contributed by atoms with Crippen LogP contribution in [0.2, 0.25) is 0 Å². The van der Waals surface area contributed by atoms with Gasteiger partial charge in [-0.15, -0.1) is 0 Å². The molecule has 1 saturated heterocycles. The minimum Gasteiger partial charge on any atom is -0.481 e. The van der Waals surface area contributed by atoms with Gasteiger partial charge in [-0.25, -0.2) is 0 Å². The zero-order valence-corrected chi connectivity index (χ0v) is 10.3. The summed E-state index contributed by atoms with van der Waals surface area (Å²) in [7, 11) is 0. The summed E-state index contributed by atoms with van der Waals surface area (Å²) in [6.45, 7) is 5.36. The number of carboxylic acids is 1. The Balaban J connectivity index is 1.98. The molecule has 0 aromatic carbocycles. The van der Waals surface area contributed by atoms with E-state index in [1.807, 2.05) is 0 Å². The van der Waals surface area contributed by atoms with Crippen molar-refractivity contribution in [3.8, 4) is 0 Å². The molecule has 88 valence electrons. The number of carboxylic acid groups (broad SMARTS) is 1. The Morgan fingerprint density at radius 3 is 2.67 bits per heavy atom. The third-order valence-corrected chi connectivity index (χ3v) is 4.00. The standard InChI is InChI=1S/C11H21NO2S/c1-10(11(13)14)9-15-8-7-12-5-3-2-4-6-12/h10H,2-9H2,1H3,(H,13,14). The summed E-state index contributed by atoms with van der Waals surface area (Å²) < 4.78 is 0. The van der Waals surface area contributed by atoms with Crippen LogP contribution in [0.15, 0.2) is 0 Å². The minimum absolute atomic E-state index is 0.212. The fourth-order valence-electron chi connectivity index (χ4n) is 1.71. The van der Waals surface area contributed by atoms with Crippen LogP contribution in [-0.4, -0.2) is 47.1 Å². The third-order valence-electron chi connectivity index (χ3n) is 2.79. The molecular weight excluding hydrogens is 210 g/mol. The highest BCUT2D eigenvalue weighted by Crippen LogP contribution is 2.12. The third kappa shape index (κ3) is 5.42. The van der Waals surface area contributed by atoms with E-state index in [1.165, 1.54) is 32.4 Å². The maximum absolute atomic E-state index is 10.6. The molecule has 1 N–H and O–H groups in total. The van der Waals surface area contributed by atoms with Crippen molar-refractivity contribution in [1.29, 1.82) is 0 Å². The predicted molar refractivity (Wildman–Crippen MR) is 64.4 cm³/mol. The number of hydrogen-bond acceptors (Lipinski definition) is 3. The van der Waals surface area contributed by atoms with Gasteiger partial charge >= 0.3 is 5.97 Å². The van der Waals surface area contributed by atoms with Gasteiger partial charge in [0.15, 0.2) is 0 Å². The summed E-state index contributed by atoms with van der Waals surface area (Å²) in [5.74, 6) is 0.915. The second kappa shape index (κ2) is 7.12. The fourth-order valence-corrected chi connectivity index (χ4v) is 2.76. The van der Waals surface area contributed by atoms with Gasteiger partial charge in [-0.2, -0.15) is 11.8 Å². The molecule has 4 heteroatoms. The first-order valence-corrected chi connectivity index (χ1v) is 6.88. The second-order valence-corrected chi connectivity index (χ2v) is 5.37. The van der Waals surface area contributed by atoms with Crippen molar-refractivity contribution in [1.82, 2.24) is 4.90 Å². The Hall–Kier alpha value is -0.220. The zero-order valence-electron chi connectivity index (χ0n) is 9.45. The number of piperidine rings is 1. The fraction of sp³-hybridized carbons (Fsp3) is 0.909. The van der Waals surface area contributed by atoms with Gasteiger partial charge in [-0.1, -0.05) is 13.3 Å². The summed E-state index contributed by atoms with van der Waals surface area (Å²) in [6, 6.07) is 0. The van der Waals surface area contributed by atoms with Crippen LogP contribution in [0, 0.1) is 5.92 Å². The van der Waals surface area contributed by atoms with Crippen molar-refractivity contribution < 1.29 is 9.90 Å². The van der Waals surface area contributed by atoms with Crippen LogP contribution in [0.3, 0.4) is 0 Å². The quantitative estimate of drug-likeness (QED) is 0.709. The van der Waals surface area contributed by atoms with Crippen LogP contribution in [0.4, 0.5) is 0 Å². The number of rotatable bonds is 6. The number of carbonyl (C=O) groups is 1. The van der Waals surface area contributed by atoms with Gasteiger partial charge in [-0.05, 0) is 25.9 Å². The molecule has 1 fully saturated rings. The lowest BCUT2D eigenvalue weighted by Gasteiger charge is -2.26. The molecule has 0 spiro atoms. The normalized spacial score (nSPS) is 20.1. The molecule has 15 heavy (non-hydrogen) atoms. The lowest BCUT2D eigenvalue weighted by atomic mass is 10.1. The maximum atomic E-state index is 10.6. The first-order chi connectivity index (χ1) is 7.20. The lowest BCUT2D eigenvalue weighted by Crippen LogP contribution is -2.31. The van der Waals surface area contributed by atoms with Gasteiger partial charge in [0.1, 0.15) is 0 Å². The molecule has 0 radical (unpaired) electrons. The largest absolute Gasteiger partial charge is 0.481 e. The molecule has 1 rings (SSSR count). The van der Waals surface area contributed by atoms with Gasteiger partial charge in [0.25, 0.3) is 0 Å². The van der Waals surface area contributed by atoms with E-state index in [1.54, 1.807) is 18.7 Å². The van der Waals surface area contributed by atoms with E-state index in [9.17, 15) is 4.79 Å². The minimum atomic E-state index is -0.680. The lowest BCUT2D eigenvalue weighted by molar-refractivity contribution is -0.140. The topological polar surface area (TPSA) is 40.5 Å². The van der Waals surface area contributed by atoms with E-state index in [0.717, 1.165) is 18.1 Å². The Morgan fingerprint density at radius 1 is 1.40 bits per heavy atom. The summed E-state index contributed by atoms with van der Waals surface area (Å²) in [4.78, 5) is 13.1. The maximum Gasteiger partial charge on any atom is 0.307 e. The molecule has 1 aliphatic rings. The van der Waals surface area contributed by atoms with Gasteiger partial charge in [0.2, 0.25) is 0 Å². The monoisotopic (exact) mass is 231 g/mol. The second-order valence-electron chi connectivity index (χ2n) is 4.22. The molecule has 0 aliphatic carbocycles. The van der Waals surface area contributed by atoms with E-state index >= 15 is 0 Å². The molecule has 1 aliphatic heterocycles. The van der Waals surface area contributed by atoms with Crippen molar-refractivity contribution >= 4 is 17.7 Å². The van der Waals surface area contributed by atoms with Gasteiger partial charge in [0, 0.05) is 18.1 Å². The van der Waals surface area contributed by atoms with Crippen molar-refractivity contribution in [3.63, 3.8) is 0 Å². The first-order valence-electron chi connectivity index (χ1n) is 5.73. The number of likely N-dealkylation sites (tertiary alicyclic amines) is 1. The molecule has 1 atom stereocenters. The Bertz CT molecular complexity index is 193. The molecule has 0 aromatic heterocycles. The SMILES string of the molecule is CC(CSCCN1CCCCC1)C(=O)O. The molecule has 0 amide bonds. The molecule has 0 bridgehead atoms. The van der Waals surface area contributed by atoms with E-state index in [4.69, 9.17) is 5.11 Å². The van der Waals surface area contributed by atoms with Gasteiger partial charge in [-0.3, -0.25) is 4.79 Å². The summed E-state index contributed by atoms with van der Waals surface area (Å²) in [6.07, 6.45) is 4.03. The molecule has 1 unspecified atom stereocenters. The molecule has 0 aromatic rings. The zero-order chi connectivity index (χ0) is 11.1. The number of hydrogen-bond donors (Lipinski definition) is 1. The number of aliphatic carboxylic acids is 1. The summed E-state index contributed by atoms with van der Waals surface area (Å²) >= 11 is 1.76. The average Bonchev–Trinajstić information content (AvgIpc) is 2.25. The van der Waals surface area contributed by atoms with E-state index in [0.29, 0.717) is 0 Å². The highest BCUT2D eigenvalue weighted by Gasteiger charge is 2.12. The van der Waals surface area contributed by atoms with Crippen molar-refractivity contribution in [2.45, 2.75) is 26.2 Å². The molecular formula is C11H21NO2S. The van der Waals surface area contributed by atoms with Crippen LogP contribution >= 0.6 is 11.8 Å². The number of nitrogens with zero attached hydrogens (tertiary/aromatic N) is 1. The van der Waals surface area contributed by atoms with E-state index in [-0.39, 0.29) is 5.92 Å². The van der Waals surface area contributed by atoms with Crippen molar-refractivity contribution in [2.75, 3.05) is 31.1 Å². The average molecular weight is 231 g/mol. The van der Waals surface area contributed by atoms with Crippen molar-refractivity contribution in [2.24, 2.45) is 5.92 Å². The Morgan fingerprint density at radius 2 is 2.07 bits per heavy atom. The highest BCUT2D eigenvalue weighted by molar-refractivity contribution is 7.99. The number of thioether (sulfide) groups is 1. The Labute approximate surface area is 96.2 Å². The van der Waals surface area contributed by atoms with Crippen LogP contribution in [-0.2, 0) is 4.79 Å². The van der Waals surface area contributed by atoms with Gasteiger partial charge in [0.05, 0.1) is 5.92 Å². The molecule has 1 heterocycles. The molecule has 3 nitrogen and oxygen atoms in total. The smallest absolute Gasteiger partial charge is 0.307 e. The Kier molecular flexibility index (Phi) is 6.10. The van der Waals surface area contributed by atoms with E-state index < -0.39 is 5.97 Å². The first kappa shape index (κ1) is 12.8. The van der Waals surface area contributed by atoms with Crippen molar-refractivity contribution in [3.05, 3.63) is 0 Å². The summed E-state index contributed by atoms with van der Waals surface area (Å²) in [5.41, 5.74) is 0. The van der Waals surface area contributed by atoms with Crippen LogP contribution in [0.25, 0.3) is 0 Å². The predicted octanol–water partition coefficient (Wildman–Crippen LogP) is 1.93. The summed E-state index contributed by atoms with van der Waals surface area (Å²) in [5, 5.41) is 8.71.